The zero-order valence-corrected chi connectivity index (χ0v) is 30.0. The van der Waals surface area contributed by atoms with Gasteiger partial charge in [0.25, 0.3) is 0 Å². The Hall–Kier alpha value is -6.84. The third-order valence-electron chi connectivity index (χ3n) is 11.5. The van der Waals surface area contributed by atoms with E-state index in [0.29, 0.717) is 5.82 Å². The number of furan rings is 1. The van der Waals surface area contributed by atoms with Gasteiger partial charge in [-0.3, -0.25) is 0 Å². The molecule has 254 valence electrons. The third-order valence-corrected chi connectivity index (χ3v) is 11.5. The van der Waals surface area contributed by atoms with Gasteiger partial charge in [-0.25, -0.2) is 9.97 Å². The lowest BCUT2D eigenvalue weighted by Crippen LogP contribution is -2.14. The van der Waals surface area contributed by atoms with Crippen molar-refractivity contribution in [2.24, 2.45) is 0 Å². The second kappa shape index (κ2) is 11.6. The monoisotopic (exact) mass is 690 g/mol. The number of nitrogens with zero attached hydrogens (tertiary/aromatic N) is 2. The van der Waals surface area contributed by atoms with E-state index in [4.69, 9.17) is 14.4 Å². The van der Waals surface area contributed by atoms with Gasteiger partial charge in [0.05, 0.1) is 11.4 Å². The van der Waals surface area contributed by atoms with Crippen molar-refractivity contribution in [2.45, 2.75) is 19.3 Å². The zero-order valence-electron chi connectivity index (χ0n) is 30.0. The van der Waals surface area contributed by atoms with Gasteiger partial charge in [0.2, 0.25) is 0 Å². The Morgan fingerprint density at radius 1 is 0.426 bits per heavy atom. The Morgan fingerprint density at radius 2 is 1.06 bits per heavy atom. The predicted octanol–water partition coefficient (Wildman–Crippen LogP) is 13.7. The van der Waals surface area contributed by atoms with Crippen LogP contribution in [0.4, 0.5) is 0 Å². The smallest absolute Gasteiger partial charge is 0.161 e. The highest BCUT2D eigenvalue weighted by molar-refractivity contribution is 6.13. The molecule has 3 heteroatoms. The molecule has 11 rings (SSSR count). The lowest BCUT2D eigenvalue weighted by atomic mass is 9.81. The van der Waals surface area contributed by atoms with Crippen molar-refractivity contribution in [1.82, 2.24) is 9.97 Å². The summed E-state index contributed by atoms with van der Waals surface area (Å²) >= 11 is 0. The molecule has 0 saturated heterocycles. The molecule has 3 nitrogen and oxygen atoms in total. The van der Waals surface area contributed by atoms with Crippen LogP contribution in [0.1, 0.15) is 25.0 Å². The average Bonchev–Trinajstić information content (AvgIpc) is 3.73. The maximum atomic E-state index is 6.30. The van der Waals surface area contributed by atoms with Crippen molar-refractivity contribution in [3.63, 3.8) is 0 Å². The summed E-state index contributed by atoms with van der Waals surface area (Å²) in [5.74, 6) is 0.690. The molecular formula is C51H34N2O. The minimum Gasteiger partial charge on any atom is -0.456 e. The summed E-state index contributed by atoms with van der Waals surface area (Å²) in [5.41, 5.74) is 14.3. The number of para-hydroxylation sites is 1. The fraction of sp³-hybridized carbons (Fsp3) is 0.0588. The van der Waals surface area contributed by atoms with E-state index >= 15 is 0 Å². The van der Waals surface area contributed by atoms with Gasteiger partial charge in [-0.15, -0.1) is 0 Å². The summed E-state index contributed by atoms with van der Waals surface area (Å²) in [6.07, 6.45) is 0. The molecule has 0 atom stereocenters. The van der Waals surface area contributed by atoms with Gasteiger partial charge < -0.3 is 4.42 Å². The first-order valence-electron chi connectivity index (χ1n) is 18.6. The van der Waals surface area contributed by atoms with E-state index in [9.17, 15) is 0 Å². The molecule has 0 unspecified atom stereocenters. The number of aromatic nitrogens is 2. The Bertz CT molecular complexity index is 3130. The van der Waals surface area contributed by atoms with E-state index in [-0.39, 0.29) is 5.41 Å². The second-order valence-electron chi connectivity index (χ2n) is 14.9. The first-order chi connectivity index (χ1) is 26.5. The topological polar surface area (TPSA) is 38.9 Å². The highest BCUT2D eigenvalue weighted by Gasteiger charge is 2.38. The summed E-state index contributed by atoms with van der Waals surface area (Å²) in [5, 5.41) is 6.99. The quantitative estimate of drug-likeness (QED) is 0.184. The highest BCUT2D eigenvalue weighted by Crippen LogP contribution is 2.55. The summed E-state index contributed by atoms with van der Waals surface area (Å²) in [6.45, 7) is 4.72. The SMILES string of the molecule is CC1(C)c2cccc(-c3ccc(-c4nc(-c5ccccc5)cc(-c5cccc6oc7ccccc7c56)n4)c4ccccc34)c2-c2c1ccc1ccccc21. The van der Waals surface area contributed by atoms with Crippen LogP contribution in [-0.2, 0) is 5.41 Å². The van der Waals surface area contributed by atoms with E-state index in [1.807, 2.05) is 24.3 Å². The van der Waals surface area contributed by atoms with Gasteiger partial charge in [0.1, 0.15) is 11.2 Å². The second-order valence-corrected chi connectivity index (χ2v) is 14.9. The van der Waals surface area contributed by atoms with Crippen LogP contribution in [0.15, 0.2) is 174 Å². The van der Waals surface area contributed by atoms with Crippen LogP contribution in [0.5, 0.6) is 0 Å². The van der Waals surface area contributed by atoms with Crippen molar-refractivity contribution in [3.8, 4) is 56.2 Å². The Morgan fingerprint density at radius 3 is 1.91 bits per heavy atom. The molecule has 10 aromatic rings. The minimum absolute atomic E-state index is 0.119. The van der Waals surface area contributed by atoms with Gasteiger partial charge in [0.15, 0.2) is 5.82 Å². The molecule has 54 heavy (non-hydrogen) atoms. The highest BCUT2D eigenvalue weighted by atomic mass is 16.3. The molecule has 2 heterocycles. The zero-order chi connectivity index (χ0) is 36.0. The Kier molecular flexibility index (Phi) is 6.60. The lowest BCUT2D eigenvalue weighted by molar-refractivity contribution is 0.661. The van der Waals surface area contributed by atoms with Gasteiger partial charge in [-0.05, 0) is 79.2 Å². The van der Waals surface area contributed by atoms with Crippen molar-refractivity contribution < 1.29 is 4.42 Å². The molecule has 0 amide bonds. The largest absolute Gasteiger partial charge is 0.456 e. The van der Waals surface area contributed by atoms with E-state index < -0.39 is 0 Å². The van der Waals surface area contributed by atoms with Crippen LogP contribution in [0.3, 0.4) is 0 Å². The number of hydrogen-bond donors (Lipinski definition) is 0. The standard InChI is InChI=1S/C51H34N2O/c1-51(2)41-23-12-21-37(49(41)48-33-17-7-6-14-31(33)26-29-42(48)51)36-27-28-38(35-19-9-8-18-34(35)36)50-52-43(32-15-4-3-5-16-32)30-44(53-50)39-22-13-25-46-47(39)40-20-10-11-24-45(40)54-46/h3-30H,1-2H3. The van der Waals surface area contributed by atoms with Gasteiger partial charge in [0, 0.05) is 32.9 Å². The minimum atomic E-state index is -0.119. The van der Waals surface area contributed by atoms with E-state index in [0.717, 1.165) is 55.4 Å². The summed E-state index contributed by atoms with van der Waals surface area (Å²) in [4.78, 5) is 10.7. The average molecular weight is 691 g/mol. The van der Waals surface area contributed by atoms with Crippen LogP contribution in [0.25, 0.3) is 99.6 Å². The van der Waals surface area contributed by atoms with Crippen molar-refractivity contribution >= 4 is 43.5 Å². The molecule has 0 N–H and O–H groups in total. The van der Waals surface area contributed by atoms with E-state index in [2.05, 4.69) is 159 Å². The molecule has 8 aromatic carbocycles. The van der Waals surface area contributed by atoms with Crippen molar-refractivity contribution in [1.29, 1.82) is 0 Å². The molecule has 0 radical (unpaired) electrons. The van der Waals surface area contributed by atoms with Gasteiger partial charge in [-0.2, -0.15) is 0 Å². The Balaban J connectivity index is 1.16. The Labute approximate surface area is 313 Å². The summed E-state index contributed by atoms with van der Waals surface area (Å²) < 4.78 is 6.30. The van der Waals surface area contributed by atoms with E-state index in [1.165, 1.54) is 49.5 Å². The molecule has 0 spiro atoms. The first kappa shape index (κ1) is 30.8. The predicted molar refractivity (Wildman–Crippen MR) is 224 cm³/mol. The summed E-state index contributed by atoms with van der Waals surface area (Å²) in [7, 11) is 0. The molecule has 1 aliphatic carbocycles. The van der Waals surface area contributed by atoms with Crippen LogP contribution >= 0.6 is 0 Å². The van der Waals surface area contributed by atoms with Crippen molar-refractivity contribution in [3.05, 3.63) is 181 Å². The molecule has 1 aliphatic rings. The normalized spacial score (nSPS) is 13.1. The molecule has 2 aromatic heterocycles. The van der Waals surface area contributed by atoms with E-state index in [1.54, 1.807) is 0 Å². The number of rotatable bonds is 4. The number of benzene rings is 8. The van der Waals surface area contributed by atoms with Crippen LogP contribution in [-0.4, -0.2) is 9.97 Å². The molecule has 0 bridgehead atoms. The fourth-order valence-corrected chi connectivity index (χ4v) is 8.95. The molecule has 0 saturated carbocycles. The molecular weight excluding hydrogens is 657 g/mol. The molecule has 0 aliphatic heterocycles. The van der Waals surface area contributed by atoms with Crippen molar-refractivity contribution in [2.75, 3.05) is 0 Å². The summed E-state index contributed by atoms with van der Waals surface area (Å²) in [6, 6.07) is 60.5. The molecule has 0 fully saturated rings. The van der Waals surface area contributed by atoms with Gasteiger partial charge in [-0.1, -0.05) is 159 Å². The maximum Gasteiger partial charge on any atom is 0.161 e. The lowest BCUT2D eigenvalue weighted by Gasteiger charge is -2.22. The first-order valence-corrected chi connectivity index (χ1v) is 18.6. The third kappa shape index (κ3) is 4.48. The number of fused-ring (bicyclic) bond motifs is 9. The van der Waals surface area contributed by atoms with Crippen LogP contribution < -0.4 is 0 Å². The van der Waals surface area contributed by atoms with Gasteiger partial charge >= 0.3 is 0 Å². The van der Waals surface area contributed by atoms with Crippen LogP contribution in [0.2, 0.25) is 0 Å². The number of hydrogen-bond acceptors (Lipinski definition) is 3. The van der Waals surface area contributed by atoms with Crippen LogP contribution in [0, 0.1) is 0 Å². The maximum absolute atomic E-state index is 6.30. The fourth-order valence-electron chi connectivity index (χ4n) is 8.95.